The molecule has 1 atom stereocenters. The van der Waals surface area contributed by atoms with Crippen molar-refractivity contribution in [1.82, 2.24) is 4.98 Å². The van der Waals surface area contributed by atoms with Gasteiger partial charge in [0.2, 0.25) is 0 Å². The second kappa shape index (κ2) is 5.80. The van der Waals surface area contributed by atoms with Gasteiger partial charge in [0, 0.05) is 12.1 Å². The van der Waals surface area contributed by atoms with Crippen LogP contribution in [0.15, 0.2) is 18.3 Å². The molecule has 0 amide bonds. The first-order valence-electron chi connectivity index (χ1n) is 6.54. The molecule has 0 radical (unpaired) electrons. The van der Waals surface area contributed by atoms with Crippen LogP contribution < -0.4 is 5.32 Å². The van der Waals surface area contributed by atoms with Crippen molar-refractivity contribution in [1.29, 1.82) is 0 Å². The van der Waals surface area contributed by atoms with Crippen LogP contribution in [0, 0.1) is 16.0 Å². The largest absolute Gasteiger partial charge is 0.367 e. The summed E-state index contributed by atoms with van der Waals surface area (Å²) >= 11 is 0. The van der Waals surface area contributed by atoms with E-state index in [4.69, 9.17) is 0 Å². The van der Waals surface area contributed by atoms with E-state index in [0.29, 0.717) is 12.0 Å². The van der Waals surface area contributed by atoms with Crippen LogP contribution in [0.4, 0.5) is 11.5 Å². The summed E-state index contributed by atoms with van der Waals surface area (Å²) in [6.45, 7) is 2.17. The third kappa shape index (κ3) is 3.18. The molecule has 18 heavy (non-hydrogen) atoms. The van der Waals surface area contributed by atoms with Crippen LogP contribution in [0.25, 0.3) is 0 Å². The molecule has 1 saturated carbocycles. The summed E-state index contributed by atoms with van der Waals surface area (Å²) in [5.74, 6) is 1.41. The first-order valence-corrected chi connectivity index (χ1v) is 6.54. The SMILES string of the molecule is CC(Nc1ccc([N+](=O)[O-])cn1)C1CCCCC1. The van der Waals surface area contributed by atoms with E-state index in [-0.39, 0.29) is 5.69 Å². The van der Waals surface area contributed by atoms with Gasteiger partial charge < -0.3 is 5.32 Å². The zero-order valence-corrected chi connectivity index (χ0v) is 10.6. The number of pyridine rings is 1. The second-order valence-electron chi connectivity index (χ2n) is 4.99. The summed E-state index contributed by atoms with van der Waals surface area (Å²) in [6.07, 6.45) is 7.80. The Kier molecular flexibility index (Phi) is 4.12. The fourth-order valence-corrected chi connectivity index (χ4v) is 2.56. The van der Waals surface area contributed by atoms with Gasteiger partial charge in [0.1, 0.15) is 12.0 Å². The number of rotatable bonds is 4. The highest BCUT2D eigenvalue weighted by Gasteiger charge is 2.20. The van der Waals surface area contributed by atoms with Gasteiger partial charge in [-0.1, -0.05) is 19.3 Å². The van der Waals surface area contributed by atoms with E-state index < -0.39 is 4.92 Å². The Hall–Kier alpha value is -1.65. The van der Waals surface area contributed by atoms with E-state index in [0.717, 1.165) is 5.82 Å². The molecular weight excluding hydrogens is 230 g/mol. The van der Waals surface area contributed by atoms with E-state index in [1.807, 2.05) is 0 Å². The molecule has 1 aliphatic rings. The van der Waals surface area contributed by atoms with Crippen LogP contribution in [-0.4, -0.2) is 15.9 Å². The maximum absolute atomic E-state index is 10.5. The van der Waals surface area contributed by atoms with Crippen molar-refractivity contribution >= 4 is 11.5 Å². The third-order valence-electron chi connectivity index (χ3n) is 3.69. The van der Waals surface area contributed by atoms with Gasteiger partial charge >= 0.3 is 0 Å². The molecule has 0 bridgehead atoms. The first kappa shape index (κ1) is 12.8. The van der Waals surface area contributed by atoms with E-state index in [1.165, 1.54) is 44.4 Å². The molecule has 0 aliphatic heterocycles. The van der Waals surface area contributed by atoms with Crippen molar-refractivity contribution < 1.29 is 4.92 Å². The average molecular weight is 249 g/mol. The van der Waals surface area contributed by atoms with Crippen LogP contribution in [-0.2, 0) is 0 Å². The van der Waals surface area contributed by atoms with Crippen molar-refractivity contribution in [3.63, 3.8) is 0 Å². The Balaban J connectivity index is 1.93. The van der Waals surface area contributed by atoms with Crippen LogP contribution in [0.3, 0.4) is 0 Å². The van der Waals surface area contributed by atoms with E-state index in [9.17, 15) is 10.1 Å². The van der Waals surface area contributed by atoms with Crippen molar-refractivity contribution in [2.75, 3.05) is 5.32 Å². The maximum atomic E-state index is 10.5. The van der Waals surface area contributed by atoms with Gasteiger partial charge in [0.25, 0.3) is 5.69 Å². The highest BCUT2D eigenvalue weighted by atomic mass is 16.6. The number of nitrogens with zero attached hydrogens (tertiary/aromatic N) is 2. The summed E-state index contributed by atoms with van der Waals surface area (Å²) in [6, 6.07) is 3.54. The Morgan fingerprint density at radius 3 is 2.67 bits per heavy atom. The zero-order chi connectivity index (χ0) is 13.0. The predicted molar refractivity (Wildman–Crippen MR) is 70.6 cm³/mol. The highest BCUT2D eigenvalue weighted by molar-refractivity contribution is 5.40. The lowest BCUT2D eigenvalue weighted by atomic mass is 9.84. The predicted octanol–water partition coefficient (Wildman–Crippen LogP) is 3.37. The summed E-state index contributed by atoms with van der Waals surface area (Å²) in [5, 5.41) is 13.9. The molecule has 1 fully saturated rings. The van der Waals surface area contributed by atoms with Crippen molar-refractivity contribution in [2.24, 2.45) is 5.92 Å². The third-order valence-corrected chi connectivity index (χ3v) is 3.69. The Morgan fingerprint density at radius 1 is 1.39 bits per heavy atom. The Labute approximate surface area is 107 Å². The van der Waals surface area contributed by atoms with Gasteiger partial charge in [-0.2, -0.15) is 0 Å². The Bertz CT molecular complexity index is 399. The zero-order valence-electron chi connectivity index (χ0n) is 10.6. The molecule has 5 nitrogen and oxygen atoms in total. The van der Waals surface area contributed by atoms with E-state index in [2.05, 4.69) is 17.2 Å². The molecule has 1 unspecified atom stereocenters. The van der Waals surface area contributed by atoms with E-state index in [1.54, 1.807) is 6.07 Å². The van der Waals surface area contributed by atoms with Gasteiger partial charge in [0.15, 0.2) is 0 Å². The maximum Gasteiger partial charge on any atom is 0.287 e. The summed E-state index contributed by atoms with van der Waals surface area (Å²) < 4.78 is 0. The minimum Gasteiger partial charge on any atom is -0.367 e. The molecule has 1 aromatic rings. The molecule has 1 aromatic heterocycles. The van der Waals surface area contributed by atoms with Crippen molar-refractivity contribution in [3.05, 3.63) is 28.4 Å². The average Bonchev–Trinajstić information content (AvgIpc) is 2.40. The van der Waals surface area contributed by atoms with Gasteiger partial charge in [-0.3, -0.25) is 10.1 Å². The smallest absolute Gasteiger partial charge is 0.287 e. The summed E-state index contributed by atoms with van der Waals surface area (Å²) in [4.78, 5) is 14.2. The van der Waals surface area contributed by atoms with Crippen LogP contribution in [0.1, 0.15) is 39.0 Å². The van der Waals surface area contributed by atoms with Gasteiger partial charge in [-0.05, 0) is 31.7 Å². The van der Waals surface area contributed by atoms with Crippen molar-refractivity contribution in [2.45, 2.75) is 45.1 Å². The fourth-order valence-electron chi connectivity index (χ4n) is 2.56. The standard InChI is InChI=1S/C13H19N3O2/c1-10(11-5-3-2-4-6-11)15-13-8-7-12(9-14-13)16(17)18/h7-11H,2-6H2,1H3,(H,14,15). The lowest BCUT2D eigenvalue weighted by molar-refractivity contribution is -0.385. The van der Waals surface area contributed by atoms with E-state index >= 15 is 0 Å². The van der Waals surface area contributed by atoms with Crippen molar-refractivity contribution in [3.8, 4) is 0 Å². The number of nitro groups is 1. The van der Waals surface area contributed by atoms with Gasteiger partial charge in [-0.25, -0.2) is 4.98 Å². The molecule has 98 valence electrons. The molecule has 2 rings (SSSR count). The minimum atomic E-state index is -0.429. The molecule has 0 saturated heterocycles. The van der Waals surface area contributed by atoms with Crippen LogP contribution in [0.5, 0.6) is 0 Å². The molecule has 1 aliphatic carbocycles. The Morgan fingerprint density at radius 2 is 2.11 bits per heavy atom. The lowest BCUT2D eigenvalue weighted by Crippen LogP contribution is -2.28. The van der Waals surface area contributed by atoms with Crippen LogP contribution >= 0.6 is 0 Å². The fraction of sp³-hybridized carbons (Fsp3) is 0.615. The van der Waals surface area contributed by atoms with Gasteiger partial charge in [0.05, 0.1) is 4.92 Å². The molecule has 1 heterocycles. The quantitative estimate of drug-likeness (QED) is 0.656. The van der Waals surface area contributed by atoms with Crippen LogP contribution in [0.2, 0.25) is 0 Å². The molecule has 0 spiro atoms. The number of nitrogens with one attached hydrogen (secondary N) is 1. The molecule has 1 N–H and O–H groups in total. The molecule has 0 aromatic carbocycles. The number of anilines is 1. The second-order valence-corrected chi connectivity index (χ2v) is 4.99. The monoisotopic (exact) mass is 249 g/mol. The molecular formula is C13H19N3O2. The highest BCUT2D eigenvalue weighted by Crippen LogP contribution is 2.27. The number of hydrogen-bond acceptors (Lipinski definition) is 4. The topological polar surface area (TPSA) is 68.1 Å². The molecule has 5 heteroatoms. The lowest BCUT2D eigenvalue weighted by Gasteiger charge is -2.28. The number of hydrogen-bond donors (Lipinski definition) is 1. The normalized spacial score (nSPS) is 18.3. The van der Waals surface area contributed by atoms with Gasteiger partial charge in [-0.15, -0.1) is 0 Å². The minimum absolute atomic E-state index is 0.0332. The summed E-state index contributed by atoms with van der Waals surface area (Å²) in [7, 11) is 0. The first-order chi connectivity index (χ1) is 8.66. The number of aromatic nitrogens is 1. The summed E-state index contributed by atoms with van der Waals surface area (Å²) in [5.41, 5.74) is 0.0332.